The number of nitrogens with one attached hydrogen (secondary N) is 1. The number of nitrogens with zero attached hydrogens (tertiary/aromatic N) is 1. The Kier molecular flexibility index (Phi) is 8.45. The number of hydrogen-bond donors (Lipinski definition) is 1. The molecule has 0 bridgehead atoms. The molecule has 1 aliphatic rings. The van der Waals surface area contributed by atoms with Crippen LogP contribution >= 0.6 is 0 Å². The van der Waals surface area contributed by atoms with Gasteiger partial charge in [0.15, 0.2) is 0 Å². The van der Waals surface area contributed by atoms with E-state index in [1.54, 1.807) is 4.90 Å². The van der Waals surface area contributed by atoms with Crippen molar-refractivity contribution in [3.8, 4) is 0 Å². The Morgan fingerprint density at radius 2 is 1.73 bits per heavy atom. The monoisotopic (exact) mass is 408 g/mol. The highest BCUT2D eigenvalue weighted by Gasteiger charge is 2.30. The van der Waals surface area contributed by atoms with E-state index in [9.17, 15) is 9.59 Å². The molecule has 0 radical (unpaired) electrons. The molecule has 1 aliphatic heterocycles. The maximum atomic E-state index is 13.3. The van der Waals surface area contributed by atoms with Gasteiger partial charge in [-0.2, -0.15) is 0 Å². The van der Waals surface area contributed by atoms with E-state index in [2.05, 4.69) is 5.32 Å². The Balaban J connectivity index is 1.82. The van der Waals surface area contributed by atoms with Crippen molar-refractivity contribution in [1.29, 1.82) is 0 Å². The fraction of sp³-hybridized carbons (Fsp3) is 0.440. The van der Waals surface area contributed by atoms with E-state index in [1.165, 1.54) is 0 Å². The van der Waals surface area contributed by atoms with Crippen molar-refractivity contribution in [3.05, 3.63) is 71.8 Å². The SMILES string of the molecule is CCCC(=O)N(Cc1ccccc1)C(Cc1ccccc1)C(=O)NCC1CCCO1. The average molecular weight is 409 g/mol. The van der Waals surface area contributed by atoms with Crippen molar-refractivity contribution >= 4 is 11.8 Å². The summed E-state index contributed by atoms with van der Waals surface area (Å²) in [5.41, 5.74) is 2.06. The molecular formula is C25H32N2O3. The van der Waals surface area contributed by atoms with Crippen LogP contribution in [0, 0.1) is 0 Å². The summed E-state index contributed by atoms with van der Waals surface area (Å²) in [7, 11) is 0. The summed E-state index contributed by atoms with van der Waals surface area (Å²) in [5, 5.41) is 3.05. The van der Waals surface area contributed by atoms with Gasteiger partial charge in [0.25, 0.3) is 0 Å². The van der Waals surface area contributed by atoms with Crippen LogP contribution in [0.15, 0.2) is 60.7 Å². The van der Waals surface area contributed by atoms with Gasteiger partial charge in [-0.15, -0.1) is 0 Å². The van der Waals surface area contributed by atoms with Crippen LogP contribution in [-0.4, -0.2) is 42.0 Å². The Bertz CT molecular complexity index is 789. The van der Waals surface area contributed by atoms with Gasteiger partial charge in [-0.1, -0.05) is 67.6 Å². The zero-order valence-electron chi connectivity index (χ0n) is 17.8. The van der Waals surface area contributed by atoms with E-state index < -0.39 is 6.04 Å². The Morgan fingerprint density at radius 3 is 2.33 bits per heavy atom. The lowest BCUT2D eigenvalue weighted by Crippen LogP contribution is -2.51. The molecule has 0 aromatic heterocycles. The molecule has 5 nitrogen and oxygen atoms in total. The molecule has 160 valence electrons. The van der Waals surface area contributed by atoms with Crippen LogP contribution in [0.3, 0.4) is 0 Å². The molecule has 2 atom stereocenters. The van der Waals surface area contributed by atoms with E-state index in [-0.39, 0.29) is 17.9 Å². The van der Waals surface area contributed by atoms with Crippen molar-refractivity contribution in [2.75, 3.05) is 13.2 Å². The maximum absolute atomic E-state index is 13.3. The third-order valence-corrected chi connectivity index (χ3v) is 5.46. The molecule has 0 aliphatic carbocycles. The second kappa shape index (κ2) is 11.5. The fourth-order valence-corrected chi connectivity index (χ4v) is 3.83. The first kappa shape index (κ1) is 22.0. The summed E-state index contributed by atoms with van der Waals surface area (Å²) in [5.74, 6) is -0.107. The number of ether oxygens (including phenoxy) is 1. The predicted molar refractivity (Wildman–Crippen MR) is 118 cm³/mol. The normalized spacial score (nSPS) is 16.8. The highest BCUT2D eigenvalue weighted by atomic mass is 16.5. The molecule has 0 saturated carbocycles. The van der Waals surface area contributed by atoms with Gasteiger partial charge in [-0.3, -0.25) is 9.59 Å². The second-order valence-electron chi connectivity index (χ2n) is 7.84. The molecule has 1 N–H and O–H groups in total. The first-order valence-electron chi connectivity index (χ1n) is 10.9. The zero-order valence-corrected chi connectivity index (χ0v) is 17.8. The van der Waals surface area contributed by atoms with E-state index in [4.69, 9.17) is 4.74 Å². The molecule has 0 spiro atoms. The van der Waals surface area contributed by atoms with Gasteiger partial charge in [0.05, 0.1) is 6.10 Å². The third kappa shape index (κ3) is 6.42. The lowest BCUT2D eigenvalue weighted by molar-refractivity contribution is -0.141. The topological polar surface area (TPSA) is 58.6 Å². The molecule has 1 saturated heterocycles. The van der Waals surface area contributed by atoms with Crippen molar-refractivity contribution in [1.82, 2.24) is 10.2 Å². The van der Waals surface area contributed by atoms with E-state index in [1.807, 2.05) is 67.6 Å². The molecule has 2 unspecified atom stereocenters. The molecular weight excluding hydrogens is 376 g/mol. The van der Waals surface area contributed by atoms with Crippen LogP contribution in [0.2, 0.25) is 0 Å². The summed E-state index contributed by atoms with van der Waals surface area (Å²) in [6.45, 7) is 3.65. The van der Waals surface area contributed by atoms with Crippen molar-refractivity contribution in [3.63, 3.8) is 0 Å². The summed E-state index contributed by atoms with van der Waals surface area (Å²) >= 11 is 0. The van der Waals surface area contributed by atoms with Crippen molar-refractivity contribution < 1.29 is 14.3 Å². The highest BCUT2D eigenvalue weighted by Crippen LogP contribution is 2.17. The minimum Gasteiger partial charge on any atom is -0.376 e. The van der Waals surface area contributed by atoms with E-state index >= 15 is 0 Å². The zero-order chi connectivity index (χ0) is 21.2. The number of hydrogen-bond acceptors (Lipinski definition) is 3. The molecule has 1 heterocycles. The number of carbonyl (C=O) groups is 2. The predicted octanol–water partition coefficient (Wildman–Crippen LogP) is 3.72. The first-order valence-corrected chi connectivity index (χ1v) is 10.9. The summed E-state index contributed by atoms with van der Waals surface area (Å²) in [4.78, 5) is 28.1. The molecule has 2 aromatic rings. The second-order valence-corrected chi connectivity index (χ2v) is 7.84. The molecule has 2 aromatic carbocycles. The Morgan fingerprint density at radius 1 is 1.07 bits per heavy atom. The number of carbonyl (C=O) groups excluding carboxylic acids is 2. The summed E-state index contributed by atoms with van der Waals surface area (Å²) < 4.78 is 5.65. The minimum absolute atomic E-state index is 0.00884. The Hall–Kier alpha value is -2.66. The lowest BCUT2D eigenvalue weighted by Gasteiger charge is -2.32. The van der Waals surface area contributed by atoms with Gasteiger partial charge >= 0.3 is 0 Å². The number of benzene rings is 2. The van der Waals surface area contributed by atoms with Crippen LogP contribution in [0.1, 0.15) is 43.7 Å². The summed E-state index contributed by atoms with van der Waals surface area (Å²) in [6, 6.07) is 19.2. The first-order chi connectivity index (χ1) is 14.7. The van der Waals surface area contributed by atoms with Gasteiger partial charge in [-0.05, 0) is 30.4 Å². The molecule has 1 fully saturated rings. The fourth-order valence-electron chi connectivity index (χ4n) is 3.83. The van der Waals surface area contributed by atoms with E-state index in [0.29, 0.717) is 25.9 Å². The van der Waals surface area contributed by atoms with Gasteiger partial charge in [0.2, 0.25) is 11.8 Å². The Labute approximate surface area is 179 Å². The van der Waals surface area contributed by atoms with Gasteiger partial charge in [0.1, 0.15) is 6.04 Å². The van der Waals surface area contributed by atoms with Crippen molar-refractivity contribution in [2.24, 2.45) is 0 Å². The summed E-state index contributed by atoms with van der Waals surface area (Å²) in [6.07, 6.45) is 3.73. The van der Waals surface area contributed by atoms with Crippen LogP contribution in [-0.2, 0) is 27.3 Å². The molecule has 3 rings (SSSR count). The average Bonchev–Trinajstić information content (AvgIpc) is 3.30. The quantitative estimate of drug-likeness (QED) is 0.652. The largest absolute Gasteiger partial charge is 0.376 e. The standard InChI is InChI=1S/C25H32N2O3/c1-2-10-24(28)27(19-21-13-7-4-8-14-21)23(17-20-11-5-3-6-12-20)25(29)26-18-22-15-9-16-30-22/h3-8,11-14,22-23H,2,9-10,15-19H2,1H3,(H,26,29). The van der Waals surface area contributed by atoms with Crippen LogP contribution < -0.4 is 5.32 Å². The third-order valence-electron chi connectivity index (χ3n) is 5.46. The number of amides is 2. The van der Waals surface area contributed by atoms with Crippen LogP contribution in [0.4, 0.5) is 0 Å². The van der Waals surface area contributed by atoms with Gasteiger partial charge in [0, 0.05) is 32.5 Å². The van der Waals surface area contributed by atoms with E-state index in [0.717, 1.165) is 37.0 Å². The van der Waals surface area contributed by atoms with Gasteiger partial charge < -0.3 is 15.0 Å². The molecule has 30 heavy (non-hydrogen) atoms. The number of rotatable bonds is 10. The molecule has 5 heteroatoms. The minimum atomic E-state index is -0.562. The molecule has 2 amide bonds. The smallest absolute Gasteiger partial charge is 0.243 e. The maximum Gasteiger partial charge on any atom is 0.243 e. The lowest BCUT2D eigenvalue weighted by atomic mass is 10.0. The van der Waals surface area contributed by atoms with Crippen molar-refractivity contribution in [2.45, 2.75) is 57.7 Å². The van der Waals surface area contributed by atoms with Crippen LogP contribution in [0.5, 0.6) is 0 Å². The highest BCUT2D eigenvalue weighted by molar-refractivity contribution is 5.88. The van der Waals surface area contributed by atoms with Crippen LogP contribution in [0.25, 0.3) is 0 Å². The van der Waals surface area contributed by atoms with Gasteiger partial charge in [-0.25, -0.2) is 0 Å².